The van der Waals surface area contributed by atoms with Gasteiger partial charge in [-0.1, -0.05) is 12.1 Å². The van der Waals surface area contributed by atoms with Gasteiger partial charge in [-0.25, -0.2) is 9.18 Å². The predicted octanol–water partition coefficient (Wildman–Crippen LogP) is 5.13. The number of fused-ring (bicyclic) bond motifs is 1. The number of carbonyl (C=O) groups is 1. The third-order valence-electron chi connectivity index (χ3n) is 8.41. The maximum atomic E-state index is 13.8. The van der Waals surface area contributed by atoms with Gasteiger partial charge in [0.05, 0.1) is 23.3 Å². The first-order valence-corrected chi connectivity index (χ1v) is 12.9. The van der Waals surface area contributed by atoms with Crippen LogP contribution >= 0.6 is 0 Å². The van der Waals surface area contributed by atoms with Crippen molar-refractivity contribution < 1.29 is 27.5 Å². The molecule has 2 aliphatic carbocycles. The average Bonchev–Trinajstić information content (AvgIpc) is 3.49. The van der Waals surface area contributed by atoms with Crippen LogP contribution in [0.15, 0.2) is 42.5 Å². The lowest BCUT2D eigenvalue weighted by atomic mass is 9.80. The Morgan fingerprint density at radius 1 is 1.24 bits per heavy atom. The Hall–Kier alpha value is -3.16. The number of nitriles is 1. The third-order valence-corrected chi connectivity index (χ3v) is 8.41. The minimum atomic E-state index is -4.87. The summed E-state index contributed by atoms with van der Waals surface area (Å²) in [4.78, 5) is 17.2. The molecule has 2 amide bonds. The van der Waals surface area contributed by atoms with E-state index in [9.17, 15) is 32.7 Å². The fraction of sp³-hybridized carbons (Fsp3) is 0.500. The number of aliphatic hydroxyl groups is 1. The second-order valence-corrected chi connectivity index (χ2v) is 10.7. The van der Waals surface area contributed by atoms with Crippen LogP contribution in [0.2, 0.25) is 0 Å². The molecule has 10 heteroatoms. The highest BCUT2D eigenvalue weighted by molar-refractivity contribution is 5.89. The summed E-state index contributed by atoms with van der Waals surface area (Å²) in [5, 5.41) is 21.7. The van der Waals surface area contributed by atoms with Crippen LogP contribution in [0, 0.1) is 23.1 Å². The molecule has 202 valence electrons. The van der Waals surface area contributed by atoms with E-state index in [1.54, 1.807) is 11.0 Å². The van der Waals surface area contributed by atoms with Crippen molar-refractivity contribution in [1.82, 2.24) is 9.80 Å². The zero-order valence-corrected chi connectivity index (χ0v) is 20.8. The number of urea groups is 1. The highest BCUT2D eigenvalue weighted by Crippen LogP contribution is 2.62. The first-order valence-electron chi connectivity index (χ1n) is 12.9. The minimum absolute atomic E-state index is 0.00311. The molecule has 1 aliphatic heterocycles. The Bertz CT molecular complexity index is 1250. The molecule has 4 atom stereocenters. The molecule has 3 fully saturated rings. The number of halogens is 4. The maximum Gasteiger partial charge on any atom is 0.419 e. The SMILES string of the molecule is N#Cc1cccc(C23CC[C@@H](N(CCN4CCC(O)C4)C(=O)Nc4ccc(F)c(C(F)(F)F)c4)CC2C3)c1. The lowest BCUT2D eigenvalue weighted by molar-refractivity contribution is -0.139. The van der Waals surface area contributed by atoms with Gasteiger partial charge in [0.2, 0.25) is 0 Å². The van der Waals surface area contributed by atoms with E-state index in [2.05, 4.69) is 22.4 Å². The number of rotatable bonds is 6. The molecule has 2 N–H and O–H groups in total. The van der Waals surface area contributed by atoms with Crippen LogP contribution < -0.4 is 5.32 Å². The molecule has 0 bridgehead atoms. The Kier molecular flexibility index (Phi) is 7.09. The molecule has 0 aromatic heterocycles. The number of carbonyl (C=O) groups excluding carboxylic acids is 1. The highest BCUT2D eigenvalue weighted by Gasteiger charge is 2.58. The largest absolute Gasteiger partial charge is 0.419 e. The van der Waals surface area contributed by atoms with E-state index in [0.29, 0.717) is 49.7 Å². The maximum absolute atomic E-state index is 13.8. The monoisotopic (exact) mass is 530 g/mol. The molecule has 2 saturated carbocycles. The molecule has 0 radical (unpaired) electrons. The molecule has 3 unspecified atom stereocenters. The smallest absolute Gasteiger partial charge is 0.392 e. The Labute approximate surface area is 218 Å². The van der Waals surface area contributed by atoms with E-state index in [1.807, 2.05) is 12.1 Å². The van der Waals surface area contributed by atoms with E-state index < -0.39 is 29.7 Å². The summed E-state index contributed by atoms with van der Waals surface area (Å²) in [6.45, 7) is 2.14. The van der Waals surface area contributed by atoms with Crippen LogP contribution in [-0.4, -0.2) is 59.3 Å². The normalized spacial score (nSPS) is 26.9. The lowest BCUT2D eigenvalue weighted by Gasteiger charge is -2.37. The molecular weight excluding hydrogens is 500 g/mol. The summed E-state index contributed by atoms with van der Waals surface area (Å²) < 4.78 is 53.4. The molecule has 38 heavy (non-hydrogen) atoms. The van der Waals surface area contributed by atoms with E-state index in [0.717, 1.165) is 43.9 Å². The summed E-state index contributed by atoms with van der Waals surface area (Å²) in [6, 6.07) is 11.7. The molecule has 3 aliphatic rings. The van der Waals surface area contributed by atoms with Gasteiger partial charge in [-0.2, -0.15) is 18.4 Å². The zero-order valence-electron chi connectivity index (χ0n) is 20.8. The number of hydrogen-bond donors (Lipinski definition) is 2. The van der Waals surface area contributed by atoms with Crippen LogP contribution in [-0.2, 0) is 11.6 Å². The average molecular weight is 531 g/mol. The van der Waals surface area contributed by atoms with Gasteiger partial charge in [-0.05, 0) is 79.3 Å². The zero-order chi connectivity index (χ0) is 27.1. The van der Waals surface area contributed by atoms with Crippen molar-refractivity contribution in [2.45, 2.75) is 55.8 Å². The van der Waals surface area contributed by atoms with Gasteiger partial charge in [0, 0.05) is 37.9 Å². The Morgan fingerprint density at radius 3 is 2.74 bits per heavy atom. The third kappa shape index (κ3) is 5.36. The van der Waals surface area contributed by atoms with Gasteiger partial charge in [0.25, 0.3) is 0 Å². The number of hydrogen-bond acceptors (Lipinski definition) is 4. The first kappa shape index (κ1) is 26.4. The fourth-order valence-electron chi connectivity index (χ4n) is 6.28. The van der Waals surface area contributed by atoms with Crippen molar-refractivity contribution in [2.75, 3.05) is 31.5 Å². The molecule has 1 heterocycles. The molecule has 0 spiro atoms. The van der Waals surface area contributed by atoms with Gasteiger partial charge in [-0.3, -0.25) is 4.90 Å². The van der Waals surface area contributed by atoms with Crippen LogP contribution in [0.3, 0.4) is 0 Å². The number of aliphatic hydroxyl groups excluding tert-OH is 1. The number of anilines is 1. The minimum Gasteiger partial charge on any atom is -0.392 e. The van der Waals surface area contributed by atoms with Gasteiger partial charge in [-0.15, -0.1) is 0 Å². The van der Waals surface area contributed by atoms with Crippen molar-refractivity contribution in [1.29, 1.82) is 5.26 Å². The molecule has 6 nitrogen and oxygen atoms in total. The standard InChI is InChI=1S/C28H30F4N4O2/c29-25-5-4-21(14-24(25)28(30,31)32)34-26(38)36(11-10-35-9-7-23(37)17-35)22-6-8-27(15-20(27)13-22)19-3-1-2-18(12-19)16-33/h1-5,12,14,20,22-23,37H,6-11,13,15,17H2,(H,34,38)/t20?,22-,23?,27?/m1/s1. The number of likely N-dealkylation sites (tertiary alicyclic amines) is 1. The Morgan fingerprint density at radius 2 is 2.05 bits per heavy atom. The molecule has 1 saturated heterocycles. The second-order valence-electron chi connectivity index (χ2n) is 10.7. The Balaban J connectivity index is 1.32. The number of nitrogens with one attached hydrogen (secondary N) is 1. The summed E-state index contributed by atoms with van der Waals surface area (Å²) in [5.74, 6) is -1.04. The number of nitrogens with zero attached hydrogens (tertiary/aromatic N) is 3. The topological polar surface area (TPSA) is 79.6 Å². The fourth-order valence-corrected chi connectivity index (χ4v) is 6.28. The van der Waals surface area contributed by atoms with Gasteiger partial charge < -0.3 is 15.3 Å². The molecule has 2 aromatic rings. The van der Waals surface area contributed by atoms with E-state index >= 15 is 0 Å². The second kappa shape index (κ2) is 10.2. The van der Waals surface area contributed by atoms with E-state index in [4.69, 9.17) is 0 Å². The van der Waals surface area contributed by atoms with E-state index in [-0.39, 0.29) is 17.1 Å². The number of β-amino-alcohol motifs (C(OH)–C–C–N with tert-alkyl or cyclic N) is 1. The highest BCUT2D eigenvalue weighted by atomic mass is 19.4. The van der Waals surface area contributed by atoms with Gasteiger partial charge >= 0.3 is 12.2 Å². The summed E-state index contributed by atoms with van der Waals surface area (Å²) >= 11 is 0. The number of benzene rings is 2. The molecular formula is C28H30F4N4O2. The summed E-state index contributed by atoms with van der Waals surface area (Å²) in [5.41, 5.74) is 0.232. The van der Waals surface area contributed by atoms with Crippen LogP contribution in [0.5, 0.6) is 0 Å². The first-order chi connectivity index (χ1) is 18.1. The van der Waals surface area contributed by atoms with Crippen molar-refractivity contribution in [2.24, 2.45) is 5.92 Å². The predicted molar refractivity (Wildman–Crippen MR) is 133 cm³/mol. The molecule has 2 aromatic carbocycles. The quantitative estimate of drug-likeness (QED) is 0.508. The van der Waals surface area contributed by atoms with Gasteiger partial charge in [0.15, 0.2) is 0 Å². The number of amides is 2. The van der Waals surface area contributed by atoms with Crippen molar-refractivity contribution in [3.63, 3.8) is 0 Å². The van der Waals surface area contributed by atoms with Crippen molar-refractivity contribution in [3.8, 4) is 6.07 Å². The molecule has 5 rings (SSSR count). The van der Waals surface area contributed by atoms with Crippen LogP contribution in [0.25, 0.3) is 0 Å². The summed E-state index contributed by atoms with van der Waals surface area (Å²) in [6.07, 6.45) is -1.31. The lowest BCUT2D eigenvalue weighted by Crippen LogP contribution is -2.48. The van der Waals surface area contributed by atoms with E-state index in [1.165, 1.54) is 0 Å². The van der Waals surface area contributed by atoms with Gasteiger partial charge in [0.1, 0.15) is 5.82 Å². The van der Waals surface area contributed by atoms with Crippen molar-refractivity contribution in [3.05, 3.63) is 65.0 Å². The summed E-state index contributed by atoms with van der Waals surface area (Å²) in [7, 11) is 0. The van der Waals surface area contributed by atoms with Crippen LogP contribution in [0.1, 0.15) is 48.8 Å². The van der Waals surface area contributed by atoms with Crippen LogP contribution in [0.4, 0.5) is 28.0 Å². The number of alkyl halides is 3. The van der Waals surface area contributed by atoms with Crippen molar-refractivity contribution >= 4 is 11.7 Å².